The Morgan fingerprint density at radius 1 is 1.00 bits per heavy atom. The Bertz CT molecular complexity index is 538. The zero-order chi connectivity index (χ0) is 13.8. The third kappa shape index (κ3) is 3.09. The second kappa shape index (κ2) is 5.78. The van der Waals surface area contributed by atoms with Crippen LogP contribution in [0.4, 0.5) is 0 Å². The van der Waals surface area contributed by atoms with Crippen LogP contribution in [0.3, 0.4) is 0 Å². The first-order chi connectivity index (χ1) is 9.75. The average Bonchev–Trinajstić information content (AvgIpc) is 2.90. The van der Waals surface area contributed by atoms with Crippen molar-refractivity contribution in [2.45, 2.75) is 31.7 Å². The normalized spacial score (nSPS) is 25.8. The molecule has 0 unspecified atom stereocenters. The zero-order valence-electron chi connectivity index (χ0n) is 11.8. The molecule has 1 heterocycles. The van der Waals surface area contributed by atoms with Crippen molar-refractivity contribution < 1.29 is 9.47 Å². The van der Waals surface area contributed by atoms with E-state index in [9.17, 15) is 0 Å². The predicted octanol–water partition coefficient (Wildman–Crippen LogP) is 4.12. The molecule has 0 amide bonds. The molecule has 2 aromatic carbocycles. The molecule has 0 saturated carbocycles. The molecule has 0 bridgehead atoms. The fourth-order valence-electron chi connectivity index (χ4n) is 2.60. The number of ether oxygens (including phenoxy) is 2. The Hall–Kier alpha value is -1.64. The summed E-state index contributed by atoms with van der Waals surface area (Å²) in [4.78, 5) is 0. The largest absolute Gasteiger partial charge is 0.347 e. The Kier molecular flexibility index (Phi) is 3.86. The van der Waals surface area contributed by atoms with Crippen molar-refractivity contribution in [2.24, 2.45) is 0 Å². The van der Waals surface area contributed by atoms with Crippen LogP contribution in [0.2, 0.25) is 0 Å². The summed E-state index contributed by atoms with van der Waals surface area (Å²) in [5.41, 5.74) is 2.51. The molecule has 0 N–H and O–H groups in total. The van der Waals surface area contributed by atoms with Gasteiger partial charge in [0.2, 0.25) is 0 Å². The maximum absolute atomic E-state index is 6.13. The lowest BCUT2D eigenvalue weighted by Crippen LogP contribution is -2.26. The molecule has 0 radical (unpaired) electrons. The van der Waals surface area contributed by atoms with E-state index in [-0.39, 0.29) is 6.10 Å². The van der Waals surface area contributed by atoms with Gasteiger partial charge in [0, 0.05) is 6.42 Å². The number of hydrogen-bond acceptors (Lipinski definition) is 2. The van der Waals surface area contributed by atoms with Crippen LogP contribution in [0.15, 0.2) is 60.7 Å². The van der Waals surface area contributed by atoms with Crippen LogP contribution in [-0.2, 0) is 15.9 Å². The minimum atomic E-state index is -0.476. The Labute approximate surface area is 120 Å². The van der Waals surface area contributed by atoms with Crippen molar-refractivity contribution in [3.63, 3.8) is 0 Å². The zero-order valence-corrected chi connectivity index (χ0v) is 11.8. The minimum absolute atomic E-state index is 0.0528. The molecule has 20 heavy (non-hydrogen) atoms. The van der Waals surface area contributed by atoms with E-state index in [4.69, 9.17) is 9.47 Å². The van der Waals surface area contributed by atoms with Gasteiger partial charge in [-0.25, -0.2) is 0 Å². The summed E-state index contributed by atoms with van der Waals surface area (Å²) >= 11 is 0. The fourth-order valence-corrected chi connectivity index (χ4v) is 2.60. The average molecular weight is 268 g/mol. The first-order valence-electron chi connectivity index (χ1n) is 7.16. The van der Waals surface area contributed by atoms with Crippen molar-refractivity contribution in [1.29, 1.82) is 0 Å². The highest BCUT2D eigenvalue weighted by Gasteiger charge is 2.37. The molecule has 3 rings (SSSR count). The van der Waals surface area contributed by atoms with Crippen molar-refractivity contribution in [3.8, 4) is 0 Å². The van der Waals surface area contributed by atoms with Crippen LogP contribution in [0.5, 0.6) is 0 Å². The third-order valence-corrected chi connectivity index (χ3v) is 3.81. The van der Waals surface area contributed by atoms with E-state index >= 15 is 0 Å². The molecular formula is C18H20O2. The first-order valence-corrected chi connectivity index (χ1v) is 7.16. The van der Waals surface area contributed by atoms with Gasteiger partial charge in [0.1, 0.15) is 6.10 Å². The molecule has 0 aromatic heterocycles. The van der Waals surface area contributed by atoms with Gasteiger partial charge in [-0.05, 0) is 24.5 Å². The maximum Gasteiger partial charge on any atom is 0.166 e. The van der Waals surface area contributed by atoms with E-state index in [1.807, 2.05) is 31.2 Å². The van der Waals surface area contributed by atoms with Gasteiger partial charge in [-0.3, -0.25) is 0 Å². The van der Waals surface area contributed by atoms with Crippen LogP contribution in [-0.4, -0.2) is 12.4 Å². The molecule has 2 atom stereocenters. The van der Waals surface area contributed by atoms with Gasteiger partial charge < -0.3 is 9.47 Å². The van der Waals surface area contributed by atoms with E-state index in [0.717, 1.165) is 12.8 Å². The van der Waals surface area contributed by atoms with Gasteiger partial charge in [0.05, 0.1) is 6.61 Å². The summed E-state index contributed by atoms with van der Waals surface area (Å²) in [7, 11) is 0. The second-order valence-corrected chi connectivity index (χ2v) is 5.45. The van der Waals surface area contributed by atoms with Crippen molar-refractivity contribution in [2.75, 3.05) is 6.61 Å². The van der Waals surface area contributed by atoms with E-state index in [2.05, 4.69) is 36.4 Å². The van der Waals surface area contributed by atoms with Crippen LogP contribution in [0, 0.1) is 0 Å². The molecule has 0 aliphatic carbocycles. The lowest BCUT2D eigenvalue weighted by molar-refractivity contribution is -0.158. The molecule has 1 fully saturated rings. The molecule has 0 spiro atoms. The predicted molar refractivity (Wildman–Crippen MR) is 79.4 cm³/mol. The molecule has 2 heteroatoms. The van der Waals surface area contributed by atoms with E-state index in [1.165, 1.54) is 11.1 Å². The summed E-state index contributed by atoms with van der Waals surface area (Å²) < 4.78 is 12.0. The summed E-state index contributed by atoms with van der Waals surface area (Å²) in [6, 6.07) is 20.8. The second-order valence-electron chi connectivity index (χ2n) is 5.45. The molecular weight excluding hydrogens is 248 g/mol. The van der Waals surface area contributed by atoms with E-state index in [1.54, 1.807) is 0 Å². The number of benzene rings is 2. The lowest BCUT2D eigenvalue weighted by Gasteiger charge is -2.23. The summed E-state index contributed by atoms with van der Waals surface area (Å²) in [5, 5.41) is 0. The number of hydrogen-bond donors (Lipinski definition) is 0. The molecule has 1 saturated heterocycles. The van der Waals surface area contributed by atoms with Crippen molar-refractivity contribution in [1.82, 2.24) is 0 Å². The van der Waals surface area contributed by atoms with E-state index < -0.39 is 5.79 Å². The van der Waals surface area contributed by atoms with Gasteiger partial charge in [-0.2, -0.15) is 0 Å². The smallest absolute Gasteiger partial charge is 0.166 e. The van der Waals surface area contributed by atoms with Crippen molar-refractivity contribution >= 4 is 0 Å². The standard InChI is InChI=1S/C18H20O2/c1-18(13-12-15-8-4-2-5-9-15)19-14-17(20-18)16-10-6-3-7-11-16/h2-11,17H,12-14H2,1H3/t17-,18+/m1/s1. The molecule has 1 aliphatic rings. The van der Waals surface area contributed by atoms with Gasteiger partial charge in [0.15, 0.2) is 5.79 Å². The Balaban J connectivity index is 1.61. The van der Waals surface area contributed by atoms with E-state index in [0.29, 0.717) is 6.61 Å². The van der Waals surface area contributed by atoms with Crippen LogP contribution in [0.1, 0.15) is 30.6 Å². The Morgan fingerprint density at radius 2 is 1.65 bits per heavy atom. The Morgan fingerprint density at radius 3 is 2.35 bits per heavy atom. The van der Waals surface area contributed by atoms with Crippen molar-refractivity contribution in [3.05, 3.63) is 71.8 Å². The molecule has 2 aromatic rings. The monoisotopic (exact) mass is 268 g/mol. The van der Waals surface area contributed by atoms with Gasteiger partial charge >= 0.3 is 0 Å². The SMILES string of the molecule is C[C@]1(CCc2ccccc2)OC[C@H](c2ccccc2)O1. The topological polar surface area (TPSA) is 18.5 Å². The van der Waals surface area contributed by atoms with Crippen LogP contribution < -0.4 is 0 Å². The van der Waals surface area contributed by atoms with Gasteiger partial charge in [0.25, 0.3) is 0 Å². The lowest BCUT2D eigenvalue weighted by atomic mass is 10.1. The van der Waals surface area contributed by atoms with Crippen LogP contribution >= 0.6 is 0 Å². The number of rotatable bonds is 4. The van der Waals surface area contributed by atoms with Gasteiger partial charge in [-0.15, -0.1) is 0 Å². The maximum atomic E-state index is 6.13. The summed E-state index contributed by atoms with van der Waals surface area (Å²) in [5.74, 6) is -0.476. The highest BCUT2D eigenvalue weighted by Crippen LogP contribution is 2.35. The summed E-state index contributed by atoms with van der Waals surface area (Å²) in [6.45, 7) is 2.67. The van der Waals surface area contributed by atoms with Gasteiger partial charge in [-0.1, -0.05) is 60.7 Å². The third-order valence-electron chi connectivity index (χ3n) is 3.81. The summed E-state index contributed by atoms with van der Waals surface area (Å²) in [6.07, 6.45) is 1.90. The quantitative estimate of drug-likeness (QED) is 0.830. The molecule has 1 aliphatic heterocycles. The first kappa shape index (κ1) is 13.3. The minimum Gasteiger partial charge on any atom is -0.347 e. The molecule has 104 valence electrons. The fraction of sp³-hybridized carbons (Fsp3) is 0.333. The van der Waals surface area contributed by atoms with Crippen LogP contribution in [0.25, 0.3) is 0 Å². The highest BCUT2D eigenvalue weighted by atomic mass is 16.7. The highest BCUT2D eigenvalue weighted by molar-refractivity contribution is 5.19. The molecule has 2 nitrogen and oxygen atoms in total. The number of aryl methyl sites for hydroxylation is 1.